The van der Waals surface area contributed by atoms with Gasteiger partial charge in [0.2, 0.25) is 0 Å². The molecular formula is C19H15ClF2N4O. The minimum atomic E-state index is -2.73. The number of carbonyl (C=O) groups excluding carboxylic acids is 1. The van der Waals surface area contributed by atoms with Gasteiger partial charge in [0, 0.05) is 24.8 Å². The van der Waals surface area contributed by atoms with Gasteiger partial charge in [-0.15, -0.1) is 0 Å². The molecule has 27 heavy (non-hydrogen) atoms. The molecule has 0 saturated heterocycles. The number of hydrogen-bond acceptors (Lipinski definition) is 3. The van der Waals surface area contributed by atoms with E-state index in [4.69, 9.17) is 11.6 Å². The van der Waals surface area contributed by atoms with Gasteiger partial charge in [-0.1, -0.05) is 29.8 Å². The molecular weight excluding hydrogens is 374 g/mol. The van der Waals surface area contributed by atoms with Crippen LogP contribution in [0, 0.1) is 0 Å². The van der Waals surface area contributed by atoms with Crippen LogP contribution in [0.1, 0.15) is 28.2 Å². The molecule has 2 aromatic heterocycles. The highest BCUT2D eigenvalue weighted by molar-refractivity contribution is 6.34. The van der Waals surface area contributed by atoms with Crippen LogP contribution in [-0.2, 0) is 13.1 Å². The fraction of sp³-hybridized carbons (Fsp3) is 0.211. The van der Waals surface area contributed by atoms with Gasteiger partial charge in [0.15, 0.2) is 0 Å². The predicted molar refractivity (Wildman–Crippen MR) is 96.6 cm³/mol. The number of fused-ring (bicyclic) bond motifs is 1. The van der Waals surface area contributed by atoms with Crippen molar-refractivity contribution in [3.8, 4) is 11.4 Å². The zero-order valence-electron chi connectivity index (χ0n) is 14.1. The zero-order valence-corrected chi connectivity index (χ0v) is 14.9. The molecule has 0 fully saturated rings. The summed E-state index contributed by atoms with van der Waals surface area (Å²) in [7, 11) is 0. The van der Waals surface area contributed by atoms with Gasteiger partial charge >= 0.3 is 0 Å². The van der Waals surface area contributed by atoms with Crippen molar-refractivity contribution in [1.29, 1.82) is 0 Å². The molecule has 1 aliphatic heterocycles. The zero-order chi connectivity index (χ0) is 19.0. The predicted octanol–water partition coefficient (Wildman–Crippen LogP) is 4.19. The second kappa shape index (κ2) is 7.08. The normalized spacial score (nSPS) is 13.7. The Morgan fingerprint density at radius 3 is 2.70 bits per heavy atom. The minimum absolute atomic E-state index is 0.0828. The quantitative estimate of drug-likeness (QED) is 0.676. The monoisotopic (exact) mass is 388 g/mol. The lowest BCUT2D eigenvalue weighted by atomic mass is 10.1. The van der Waals surface area contributed by atoms with E-state index in [1.165, 1.54) is 18.2 Å². The lowest BCUT2D eigenvalue weighted by molar-refractivity contribution is 0.0707. The molecule has 5 nitrogen and oxygen atoms in total. The summed E-state index contributed by atoms with van der Waals surface area (Å²) in [5.41, 5.74) is 1.44. The van der Waals surface area contributed by atoms with Crippen molar-refractivity contribution in [2.24, 2.45) is 0 Å². The smallest absolute Gasteiger partial charge is 0.265 e. The van der Waals surface area contributed by atoms with Gasteiger partial charge in [-0.2, -0.15) is 0 Å². The van der Waals surface area contributed by atoms with Crippen LogP contribution in [0.3, 0.4) is 0 Å². The molecule has 0 N–H and O–H groups in total. The van der Waals surface area contributed by atoms with Crippen LogP contribution in [0.15, 0.2) is 48.8 Å². The number of amides is 1. The van der Waals surface area contributed by atoms with E-state index in [0.717, 1.165) is 17.2 Å². The Morgan fingerprint density at radius 1 is 1.11 bits per heavy atom. The summed E-state index contributed by atoms with van der Waals surface area (Å²) in [5.74, 6) is 0.340. The number of imidazole rings is 1. The van der Waals surface area contributed by atoms with Crippen molar-refractivity contribution in [2.45, 2.75) is 19.5 Å². The Balaban J connectivity index is 1.60. The topological polar surface area (TPSA) is 51.0 Å². The first-order chi connectivity index (χ1) is 13.1. The first-order valence-electron chi connectivity index (χ1n) is 8.38. The molecule has 0 bridgehead atoms. The number of hydrogen-bond donors (Lipinski definition) is 0. The Morgan fingerprint density at radius 2 is 1.96 bits per heavy atom. The van der Waals surface area contributed by atoms with E-state index in [9.17, 15) is 13.6 Å². The summed E-state index contributed by atoms with van der Waals surface area (Å²) in [4.78, 5) is 23.1. The van der Waals surface area contributed by atoms with Gasteiger partial charge in [-0.3, -0.25) is 9.78 Å². The molecule has 138 valence electrons. The van der Waals surface area contributed by atoms with Crippen LogP contribution < -0.4 is 0 Å². The highest BCUT2D eigenvalue weighted by atomic mass is 35.5. The van der Waals surface area contributed by atoms with E-state index >= 15 is 0 Å². The molecule has 1 amide bonds. The van der Waals surface area contributed by atoms with Crippen molar-refractivity contribution in [3.05, 3.63) is 70.8 Å². The van der Waals surface area contributed by atoms with Crippen molar-refractivity contribution < 1.29 is 13.6 Å². The molecule has 0 aliphatic carbocycles. The van der Waals surface area contributed by atoms with Crippen LogP contribution in [-0.4, -0.2) is 31.9 Å². The number of halogens is 3. The maximum atomic E-state index is 13.0. The third kappa shape index (κ3) is 3.19. The lowest BCUT2D eigenvalue weighted by Gasteiger charge is -2.29. The van der Waals surface area contributed by atoms with Gasteiger partial charge in [0.05, 0.1) is 34.7 Å². The average molecular weight is 389 g/mol. The molecule has 1 aliphatic rings. The Hall–Kier alpha value is -2.80. The van der Waals surface area contributed by atoms with Crippen LogP contribution in [0.2, 0.25) is 5.02 Å². The van der Waals surface area contributed by atoms with E-state index in [-0.39, 0.29) is 28.6 Å². The second-order valence-electron chi connectivity index (χ2n) is 6.16. The molecule has 3 aromatic rings. The first-order valence-corrected chi connectivity index (χ1v) is 8.75. The summed E-state index contributed by atoms with van der Waals surface area (Å²) < 4.78 is 28.1. The van der Waals surface area contributed by atoms with Crippen molar-refractivity contribution in [1.82, 2.24) is 19.4 Å². The maximum Gasteiger partial charge on any atom is 0.265 e. The SMILES string of the molecule is O=C(c1cccc(C(F)F)c1Cl)N1CCn2c(-c3ccccn3)cnc2C1. The standard InChI is InChI=1S/C19H15ClF2N4O/c20-17-12(18(21)22)4-3-5-13(17)19(27)25-8-9-26-15(10-24-16(26)11-25)14-6-1-2-7-23-14/h1-7,10,18H,8-9,11H2. The number of aromatic nitrogens is 3. The molecule has 0 saturated carbocycles. The van der Waals surface area contributed by atoms with Gasteiger partial charge in [-0.25, -0.2) is 13.8 Å². The third-order valence-electron chi connectivity index (χ3n) is 4.57. The number of nitrogens with zero attached hydrogens (tertiary/aromatic N) is 4. The number of rotatable bonds is 3. The van der Waals surface area contributed by atoms with Crippen molar-refractivity contribution in [2.75, 3.05) is 6.54 Å². The molecule has 3 heterocycles. The fourth-order valence-electron chi connectivity index (χ4n) is 3.21. The minimum Gasteiger partial charge on any atom is -0.329 e. The van der Waals surface area contributed by atoms with Crippen molar-refractivity contribution >= 4 is 17.5 Å². The van der Waals surface area contributed by atoms with E-state index in [2.05, 4.69) is 9.97 Å². The van der Waals surface area contributed by atoms with Gasteiger partial charge in [0.1, 0.15) is 5.82 Å². The second-order valence-corrected chi connectivity index (χ2v) is 6.54. The summed E-state index contributed by atoms with van der Waals surface area (Å²) in [6.45, 7) is 1.25. The molecule has 4 rings (SSSR count). The fourth-order valence-corrected chi connectivity index (χ4v) is 3.50. The van der Waals surface area contributed by atoms with Crippen LogP contribution in [0.25, 0.3) is 11.4 Å². The summed E-state index contributed by atoms with van der Waals surface area (Å²) in [5, 5.41) is -0.194. The Bertz CT molecular complexity index is 991. The average Bonchev–Trinajstić information content (AvgIpc) is 3.11. The third-order valence-corrected chi connectivity index (χ3v) is 4.99. The largest absolute Gasteiger partial charge is 0.329 e. The maximum absolute atomic E-state index is 13.0. The summed E-state index contributed by atoms with van der Waals surface area (Å²) in [6, 6.07) is 9.76. The molecule has 0 radical (unpaired) electrons. The molecule has 8 heteroatoms. The lowest BCUT2D eigenvalue weighted by Crippen LogP contribution is -2.38. The number of benzene rings is 1. The van der Waals surface area contributed by atoms with E-state index < -0.39 is 6.43 Å². The summed E-state index contributed by atoms with van der Waals surface area (Å²) >= 11 is 6.05. The highest BCUT2D eigenvalue weighted by Gasteiger charge is 2.27. The highest BCUT2D eigenvalue weighted by Crippen LogP contribution is 2.31. The van der Waals surface area contributed by atoms with Gasteiger partial charge in [0.25, 0.3) is 12.3 Å². The summed E-state index contributed by atoms with van der Waals surface area (Å²) in [6.07, 6.45) is 0.716. The van der Waals surface area contributed by atoms with Gasteiger partial charge < -0.3 is 9.47 Å². The van der Waals surface area contributed by atoms with E-state index in [1.807, 2.05) is 22.8 Å². The van der Waals surface area contributed by atoms with Gasteiger partial charge in [-0.05, 0) is 18.2 Å². The Labute approximate surface area is 159 Å². The van der Waals surface area contributed by atoms with E-state index in [0.29, 0.717) is 13.1 Å². The first kappa shape index (κ1) is 17.6. The van der Waals surface area contributed by atoms with Crippen LogP contribution in [0.4, 0.5) is 8.78 Å². The number of pyridine rings is 1. The van der Waals surface area contributed by atoms with E-state index in [1.54, 1.807) is 17.3 Å². The Kier molecular flexibility index (Phi) is 4.61. The molecule has 0 unspecified atom stereocenters. The number of alkyl halides is 2. The molecule has 1 aromatic carbocycles. The molecule has 0 atom stereocenters. The number of carbonyl (C=O) groups is 1. The van der Waals surface area contributed by atoms with Crippen molar-refractivity contribution in [3.63, 3.8) is 0 Å². The van der Waals surface area contributed by atoms with Crippen LogP contribution in [0.5, 0.6) is 0 Å². The van der Waals surface area contributed by atoms with Crippen LogP contribution >= 0.6 is 11.6 Å². The molecule has 0 spiro atoms.